The van der Waals surface area contributed by atoms with Crippen LogP contribution in [-0.2, 0) is 11.8 Å². The maximum absolute atomic E-state index is 14.0. The van der Waals surface area contributed by atoms with E-state index in [0.717, 1.165) is 12.0 Å². The van der Waals surface area contributed by atoms with Crippen LogP contribution < -0.4 is 5.32 Å². The number of amides is 1. The molecular formula is C22H25FN4OS. The predicted octanol–water partition coefficient (Wildman–Crippen LogP) is 4.62. The van der Waals surface area contributed by atoms with Gasteiger partial charge >= 0.3 is 0 Å². The maximum Gasteiger partial charge on any atom is 0.230 e. The summed E-state index contributed by atoms with van der Waals surface area (Å²) in [6.45, 7) is 4.28. The molecule has 0 bridgehead atoms. The molecule has 1 amide bonds. The molecular weight excluding hydrogens is 387 g/mol. The lowest BCUT2D eigenvalue weighted by Gasteiger charge is -2.21. The Hall–Kier alpha value is -2.67. The molecule has 0 fully saturated rings. The van der Waals surface area contributed by atoms with Crippen molar-refractivity contribution in [3.63, 3.8) is 0 Å². The Morgan fingerprint density at radius 1 is 1.10 bits per heavy atom. The molecule has 3 rings (SSSR count). The zero-order valence-electron chi connectivity index (χ0n) is 16.8. The van der Waals surface area contributed by atoms with Crippen molar-refractivity contribution >= 4 is 17.7 Å². The summed E-state index contributed by atoms with van der Waals surface area (Å²) in [7, 11) is 1.77. The Kier molecular flexibility index (Phi) is 7.04. The number of nitrogens with one attached hydrogen (secondary N) is 1. The number of carbonyl (C=O) groups excluding carboxylic acids is 1. The number of hydrogen-bond acceptors (Lipinski definition) is 4. The second-order valence-corrected chi connectivity index (χ2v) is 8.24. The number of carbonyl (C=O) groups is 1. The van der Waals surface area contributed by atoms with E-state index >= 15 is 0 Å². The van der Waals surface area contributed by atoms with Gasteiger partial charge in [-0.2, -0.15) is 0 Å². The summed E-state index contributed by atoms with van der Waals surface area (Å²) < 4.78 is 15.7. The molecule has 0 aliphatic carbocycles. The molecule has 0 saturated heterocycles. The number of rotatable bonds is 8. The van der Waals surface area contributed by atoms with Crippen molar-refractivity contribution < 1.29 is 9.18 Å². The summed E-state index contributed by atoms with van der Waals surface area (Å²) in [4.78, 5) is 12.6. The predicted molar refractivity (Wildman–Crippen MR) is 114 cm³/mol. The van der Waals surface area contributed by atoms with Crippen LogP contribution in [0, 0.1) is 11.7 Å². The minimum absolute atomic E-state index is 0.0298. The van der Waals surface area contributed by atoms with Gasteiger partial charge in [0.05, 0.1) is 17.4 Å². The van der Waals surface area contributed by atoms with Gasteiger partial charge in [-0.05, 0) is 30.0 Å². The number of benzene rings is 2. The zero-order valence-corrected chi connectivity index (χ0v) is 17.6. The SMILES string of the molecule is CC(C)C[C@@H](NC(=O)CSc1nnc(-c2ccccc2F)n1C)c1ccccc1. The van der Waals surface area contributed by atoms with Crippen LogP contribution in [0.5, 0.6) is 0 Å². The van der Waals surface area contributed by atoms with E-state index in [0.29, 0.717) is 22.5 Å². The van der Waals surface area contributed by atoms with Crippen molar-refractivity contribution in [2.45, 2.75) is 31.5 Å². The Labute approximate surface area is 174 Å². The van der Waals surface area contributed by atoms with E-state index in [1.54, 1.807) is 29.8 Å². The zero-order chi connectivity index (χ0) is 20.8. The third kappa shape index (κ3) is 5.44. The summed E-state index contributed by atoms with van der Waals surface area (Å²) in [5.74, 6) is 0.685. The van der Waals surface area contributed by atoms with E-state index in [1.165, 1.54) is 17.8 Å². The summed E-state index contributed by atoms with van der Waals surface area (Å²) in [5.41, 5.74) is 1.49. The van der Waals surface area contributed by atoms with Crippen molar-refractivity contribution in [2.75, 3.05) is 5.75 Å². The topological polar surface area (TPSA) is 59.8 Å². The monoisotopic (exact) mass is 412 g/mol. The van der Waals surface area contributed by atoms with Gasteiger partial charge in [-0.1, -0.05) is 68.1 Å². The van der Waals surface area contributed by atoms with Crippen molar-refractivity contribution in [1.29, 1.82) is 0 Å². The van der Waals surface area contributed by atoms with Gasteiger partial charge in [0.25, 0.3) is 0 Å². The van der Waals surface area contributed by atoms with Gasteiger partial charge in [-0.25, -0.2) is 4.39 Å². The summed E-state index contributed by atoms with van der Waals surface area (Å²) >= 11 is 1.29. The first-order valence-electron chi connectivity index (χ1n) is 9.57. The van der Waals surface area contributed by atoms with Crippen LogP contribution in [0.2, 0.25) is 0 Å². The fourth-order valence-corrected chi connectivity index (χ4v) is 3.84. The van der Waals surface area contributed by atoms with E-state index in [4.69, 9.17) is 0 Å². The Balaban J connectivity index is 1.65. The molecule has 152 valence electrons. The molecule has 7 heteroatoms. The average molecular weight is 413 g/mol. The first-order chi connectivity index (χ1) is 14.0. The van der Waals surface area contributed by atoms with Gasteiger partial charge < -0.3 is 9.88 Å². The van der Waals surface area contributed by atoms with E-state index in [9.17, 15) is 9.18 Å². The van der Waals surface area contributed by atoms with Crippen LogP contribution in [0.1, 0.15) is 31.9 Å². The highest BCUT2D eigenvalue weighted by molar-refractivity contribution is 7.99. The molecule has 1 aromatic heterocycles. The first kappa shape index (κ1) is 21.0. The second kappa shape index (κ2) is 9.69. The van der Waals surface area contributed by atoms with Gasteiger partial charge in [0.2, 0.25) is 5.91 Å². The van der Waals surface area contributed by atoms with E-state index in [-0.39, 0.29) is 23.5 Å². The molecule has 0 unspecified atom stereocenters. The Morgan fingerprint density at radius 2 is 1.79 bits per heavy atom. The highest BCUT2D eigenvalue weighted by Gasteiger charge is 2.18. The van der Waals surface area contributed by atoms with Crippen molar-refractivity contribution in [2.24, 2.45) is 13.0 Å². The van der Waals surface area contributed by atoms with Gasteiger partial charge in [-0.15, -0.1) is 10.2 Å². The smallest absolute Gasteiger partial charge is 0.230 e. The second-order valence-electron chi connectivity index (χ2n) is 7.29. The van der Waals surface area contributed by atoms with Gasteiger partial charge in [0.1, 0.15) is 5.82 Å². The van der Waals surface area contributed by atoms with Crippen LogP contribution >= 0.6 is 11.8 Å². The molecule has 0 saturated carbocycles. The molecule has 1 N–H and O–H groups in total. The molecule has 5 nitrogen and oxygen atoms in total. The minimum Gasteiger partial charge on any atom is -0.349 e. The van der Waals surface area contributed by atoms with Gasteiger partial charge in [-0.3, -0.25) is 4.79 Å². The Bertz CT molecular complexity index is 958. The third-order valence-corrected chi connectivity index (χ3v) is 5.55. The fraction of sp³-hybridized carbons (Fsp3) is 0.318. The molecule has 0 aliphatic rings. The average Bonchev–Trinajstić information content (AvgIpc) is 3.07. The van der Waals surface area contributed by atoms with Gasteiger partial charge in [0, 0.05) is 7.05 Å². The first-order valence-corrected chi connectivity index (χ1v) is 10.6. The number of hydrogen-bond donors (Lipinski definition) is 1. The van der Waals surface area contributed by atoms with Gasteiger partial charge in [0.15, 0.2) is 11.0 Å². The Morgan fingerprint density at radius 3 is 2.48 bits per heavy atom. The summed E-state index contributed by atoms with van der Waals surface area (Å²) in [6.07, 6.45) is 0.863. The molecule has 29 heavy (non-hydrogen) atoms. The molecule has 1 heterocycles. The number of halogens is 1. The lowest BCUT2D eigenvalue weighted by atomic mass is 9.97. The number of nitrogens with zero attached hydrogens (tertiary/aromatic N) is 3. The normalized spacial score (nSPS) is 12.2. The fourth-order valence-electron chi connectivity index (χ4n) is 3.12. The summed E-state index contributed by atoms with van der Waals surface area (Å²) in [5, 5.41) is 11.9. The van der Waals surface area contributed by atoms with E-state index < -0.39 is 0 Å². The molecule has 0 spiro atoms. The summed E-state index contributed by atoms with van der Waals surface area (Å²) in [6, 6.07) is 16.4. The van der Waals surface area contributed by atoms with Crippen LogP contribution in [0.15, 0.2) is 59.8 Å². The van der Waals surface area contributed by atoms with Crippen LogP contribution in [0.4, 0.5) is 4.39 Å². The molecule has 0 radical (unpaired) electrons. The van der Waals surface area contributed by atoms with E-state index in [2.05, 4.69) is 29.4 Å². The number of aromatic nitrogens is 3. The van der Waals surface area contributed by atoms with Crippen molar-refractivity contribution in [3.8, 4) is 11.4 Å². The van der Waals surface area contributed by atoms with Crippen LogP contribution in [0.25, 0.3) is 11.4 Å². The van der Waals surface area contributed by atoms with Crippen molar-refractivity contribution in [1.82, 2.24) is 20.1 Å². The lowest BCUT2D eigenvalue weighted by molar-refractivity contribution is -0.119. The third-order valence-electron chi connectivity index (χ3n) is 4.53. The quantitative estimate of drug-likeness (QED) is 0.549. The lowest BCUT2D eigenvalue weighted by Crippen LogP contribution is -2.31. The molecule has 3 aromatic rings. The molecule has 0 aliphatic heterocycles. The molecule has 1 atom stereocenters. The number of thioether (sulfide) groups is 1. The minimum atomic E-state index is -0.350. The highest BCUT2D eigenvalue weighted by atomic mass is 32.2. The standard InChI is InChI=1S/C22H25FN4OS/c1-15(2)13-19(16-9-5-4-6-10-16)24-20(28)14-29-22-26-25-21(27(22)3)17-11-7-8-12-18(17)23/h4-12,15,19H,13-14H2,1-3H3,(H,24,28)/t19-/m1/s1. The van der Waals surface area contributed by atoms with Crippen molar-refractivity contribution in [3.05, 3.63) is 66.0 Å². The maximum atomic E-state index is 14.0. The highest BCUT2D eigenvalue weighted by Crippen LogP contribution is 2.25. The van der Waals surface area contributed by atoms with E-state index in [1.807, 2.05) is 30.3 Å². The molecule has 2 aromatic carbocycles. The van der Waals surface area contributed by atoms with Crippen LogP contribution in [0.3, 0.4) is 0 Å². The van der Waals surface area contributed by atoms with Crippen LogP contribution in [-0.4, -0.2) is 26.4 Å². The largest absolute Gasteiger partial charge is 0.349 e.